The maximum atomic E-state index is 11.8. The van der Waals surface area contributed by atoms with Gasteiger partial charge in [-0.3, -0.25) is 4.79 Å². The van der Waals surface area contributed by atoms with Crippen LogP contribution in [0.5, 0.6) is 5.75 Å². The van der Waals surface area contributed by atoms with E-state index in [9.17, 15) is 4.79 Å². The molecule has 0 spiro atoms. The molecule has 0 aliphatic heterocycles. The molecule has 1 aromatic carbocycles. The van der Waals surface area contributed by atoms with Crippen molar-refractivity contribution in [1.82, 2.24) is 4.90 Å². The molecule has 18 heavy (non-hydrogen) atoms. The fourth-order valence-corrected chi connectivity index (χ4v) is 1.67. The van der Waals surface area contributed by atoms with Crippen molar-refractivity contribution >= 4 is 5.91 Å². The summed E-state index contributed by atoms with van der Waals surface area (Å²) in [7, 11) is 3.06. The number of carbonyl (C=O) groups is 1. The maximum Gasteiger partial charge on any atom is 0.248 e. The van der Waals surface area contributed by atoms with Gasteiger partial charge >= 0.3 is 0 Å². The minimum Gasteiger partial charge on any atom is -0.496 e. The lowest BCUT2D eigenvalue weighted by Gasteiger charge is -2.22. The van der Waals surface area contributed by atoms with Crippen LogP contribution in [-0.4, -0.2) is 49.9 Å². The monoisotopic (exact) mass is 253 g/mol. The van der Waals surface area contributed by atoms with Gasteiger partial charge in [0.2, 0.25) is 5.91 Å². The predicted octanol–water partition coefficient (Wildman–Crippen LogP) is 0.662. The minimum atomic E-state index is -0.155. The molecule has 1 rings (SSSR count). The number of aliphatic hydroxyl groups excluding tert-OH is 1. The molecule has 100 valence electrons. The third-order valence-corrected chi connectivity index (χ3v) is 2.54. The molecule has 0 aliphatic rings. The lowest BCUT2D eigenvalue weighted by molar-refractivity contribution is -0.136. The Labute approximate surface area is 107 Å². The highest BCUT2D eigenvalue weighted by Crippen LogP contribution is 2.19. The van der Waals surface area contributed by atoms with Crippen LogP contribution in [-0.2, 0) is 16.1 Å². The molecule has 0 heterocycles. The third kappa shape index (κ3) is 4.01. The average Bonchev–Trinajstić information content (AvgIpc) is 2.39. The minimum absolute atomic E-state index is 0.00908. The number of hydrogen-bond acceptors (Lipinski definition) is 4. The van der Waals surface area contributed by atoms with Crippen molar-refractivity contribution < 1.29 is 19.4 Å². The summed E-state index contributed by atoms with van der Waals surface area (Å²) in [6.45, 7) is 0.604. The van der Waals surface area contributed by atoms with E-state index in [4.69, 9.17) is 14.6 Å². The van der Waals surface area contributed by atoms with Crippen LogP contribution in [0.4, 0.5) is 0 Å². The number of nitrogens with zero attached hydrogens (tertiary/aromatic N) is 1. The van der Waals surface area contributed by atoms with Crippen LogP contribution in [0.3, 0.4) is 0 Å². The highest BCUT2D eigenvalue weighted by Gasteiger charge is 2.14. The molecule has 0 unspecified atom stereocenters. The summed E-state index contributed by atoms with van der Waals surface area (Å²) in [5.74, 6) is 0.572. The quantitative estimate of drug-likeness (QED) is 0.775. The summed E-state index contributed by atoms with van der Waals surface area (Å²) >= 11 is 0. The van der Waals surface area contributed by atoms with Crippen molar-refractivity contribution in [3.8, 4) is 5.75 Å². The summed E-state index contributed by atoms with van der Waals surface area (Å²) in [6, 6.07) is 7.49. The van der Waals surface area contributed by atoms with E-state index in [-0.39, 0.29) is 25.7 Å². The lowest BCUT2D eigenvalue weighted by Crippen LogP contribution is -2.35. The Balaban J connectivity index is 2.79. The van der Waals surface area contributed by atoms with Gasteiger partial charge in [0.25, 0.3) is 0 Å². The fourth-order valence-electron chi connectivity index (χ4n) is 1.67. The second-order valence-electron chi connectivity index (χ2n) is 3.78. The highest BCUT2D eigenvalue weighted by atomic mass is 16.5. The first kappa shape index (κ1) is 14.5. The molecule has 1 amide bonds. The van der Waals surface area contributed by atoms with Gasteiger partial charge < -0.3 is 19.5 Å². The van der Waals surface area contributed by atoms with Gasteiger partial charge in [0.05, 0.1) is 13.7 Å². The number of rotatable bonds is 7. The van der Waals surface area contributed by atoms with Crippen LogP contribution in [0.25, 0.3) is 0 Å². The zero-order chi connectivity index (χ0) is 13.4. The molecule has 1 aromatic rings. The van der Waals surface area contributed by atoms with Gasteiger partial charge in [-0.05, 0) is 6.07 Å². The molecule has 0 fully saturated rings. The second kappa shape index (κ2) is 7.68. The fraction of sp³-hybridized carbons (Fsp3) is 0.462. The zero-order valence-corrected chi connectivity index (χ0v) is 10.8. The molecule has 0 saturated carbocycles. The topological polar surface area (TPSA) is 59.0 Å². The summed E-state index contributed by atoms with van der Waals surface area (Å²) in [5.41, 5.74) is 0.901. The van der Waals surface area contributed by atoms with E-state index in [1.807, 2.05) is 24.3 Å². The molecule has 0 aliphatic carbocycles. The Hall–Kier alpha value is -1.59. The summed E-state index contributed by atoms with van der Waals surface area (Å²) in [4.78, 5) is 13.3. The molecule has 5 nitrogen and oxygen atoms in total. The zero-order valence-electron chi connectivity index (χ0n) is 10.8. The molecule has 0 aromatic heterocycles. The van der Waals surface area contributed by atoms with Crippen LogP contribution in [0, 0.1) is 0 Å². The van der Waals surface area contributed by atoms with Gasteiger partial charge in [-0.2, -0.15) is 0 Å². The Kier molecular flexibility index (Phi) is 6.18. The van der Waals surface area contributed by atoms with E-state index >= 15 is 0 Å². The Morgan fingerprint density at radius 2 is 2.06 bits per heavy atom. The van der Waals surface area contributed by atoms with Crippen LogP contribution in [0.1, 0.15) is 5.56 Å². The number of methoxy groups -OCH3 is 2. The Morgan fingerprint density at radius 1 is 1.33 bits per heavy atom. The van der Waals surface area contributed by atoms with Crippen molar-refractivity contribution in [2.24, 2.45) is 0 Å². The maximum absolute atomic E-state index is 11.8. The number of ether oxygens (including phenoxy) is 2. The number of hydrogen-bond donors (Lipinski definition) is 1. The molecular weight excluding hydrogens is 234 g/mol. The van der Waals surface area contributed by atoms with E-state index in [0.717, 1.165) is 11.3 Å². The van der Waals surface area contributed by atoms with Gasteiger partial charge in [-0.1, -0.05) is 18.2 Å². The van der Waals surface area contributed by atoms with Crippen molar-refractivity contribution in [3.63, 3.8) is 0 Å². The number of para-hydroxylation sites is 1. The van der Waals surface area contributed by atoms with Gasteiger partial charge in [-0.15, -0.1) is 0 Å². The van der Waals surface area contributed by atoms with E-state index in [1.54, 1.807) is 12.0 Å². The predicted molar refractivity (Wildman–Crippen MR) is 67.4 cm³/mol. The van der Waals surface area contributed by atoms with Crippen molar-refractivity contribution in [3.05, 3.63) is 29.8 Å². The largest absolute Gasteiger partial charge is 0.496 e. The smallest absolute Gasteiger partial charge is 0.248 e. The summed E-state index contributed by atoms with van der Waals surface area (Å²) in [6.07, 6.45) is 0. The second-order valence-corrected chi connectivity index (χ2v) is 3.78. The normalized spacial score (nSPS) is 10.2. The van der Waals surface area contributed by atoms with Crippen LogP contribution < -0.4 is 4.74 Å². The van der Waals surface area contributed by atoms with E-state index < -0.39 is 0 Å². The highest BCUT2D eigenvalue weighted by molar-refractivity contribution is 5.77. The molecule has 0 saturated heterocycles. The molecule has 1 N–H and O–H groups in total. The van der Waals surface area contributed by atoms with Gasteiger partial charge in [0.1, 0.15) is 12.4 Å². The van der Waals surface area contributed by atoms with E-state index in [1.165, 1.54) is 7.11 Å². The molecule has 0 bridgehead atoms. The Bertz CT molecular complexity index is 381. The van der Waals surface area contributed by atoms with E-state index in [0.29, 0.717) is 6.54 Å². The lowest BCUT2D eigenvalue weighted by atomic mass is 10.2. The molecular formula is C13H19NO4. The molecule has 0 atom stereocenters. The van der Waals surface area contributed by atoms with Crippen LogP contribution >= 0.6 is 0 Å². The van der Waals surface area contributed by atoms with Crippen molar-refractivity contribution in [1.29, 1.82) is 0 Å². The summed E-state index contributed by atoms with van der Waals surface area (Å²) in [5, 5.41) is 8.99. The number of aliphatic hydroxyl groups is 1. The number of amides is 1. The Morgan fingerprint density at radius 3 is 2.67 bits per heavy atom. The van der Waals surface area contributed by atoms with Crippen LogP contribution in [0.2, 0.25) is 0 Å². The van der Waals surface area contributed by atoms with Crippen molar-refractivity contribution in [2.45, 2.75) is 6.54 Å². The molecule has 0 radical (unpaired) electrons. The SMILES string of the molecule is COCC(=O)N(CCO)Cc1ccccc1OC. The summed E-state index contributed by atoms with van der Waals surface area (Å²) < 4.78 is 10.1. The number of carbonyl (C=O) groups excluding carboxylic acids is 1. The standard InChI is InChI=1S/C13H19NO4/c1-17-10-13(16)14(7-8-15)9-11-5-3-4-6-12(11)18-2/h3-6,15H,7-10H2,1-2H3. The van der Waals surface area contributed by atoms with Crippen molar-refractivity contribution in [2.75, 3.05) is 34.0 Å². The first-order valence-corrected chi connectivity index (χ1v) is 5.72. The molecule has 5 heteroatoms. The first-order chi connectivity index (χ1) is 8.72. The first-order valence-electron chi connectivity index (χ1n) is 5.72. The third-order valence-electron chi connectivity index (χ3n) is 2.54. The van der Waals surface area contributed by atoms with E-state index in [2.05, 4.69) is 0 Å². The van der Waals surface area contributed by atoms with Gasteiger partial charge in [0, 0.05) is 25.8 Å². The van der Waals surface area contributed by atoms with Gasteiger partial charge in [-0.25, -0.2) is 0 Å². The van der Waals surface area contributed by atoms with Crippen LogP contribution in [0.15, 0.2) is 24.3 Å². The number of benzene rings is 1. The van der Waals surface area contributed by atoms with Gasteiger partial charge in [0.15, 0.2) is 0 Å². The average molecular weight is 253 g/mol.